The topological polar surface area (TPSA) is 26.0 Å². The molecule has 5 heteroatoms. The van der Waals surface area contributed by atoms with E-state index in [-0.39, 0.29) is 0 Å². The van der Waals surface area contributed by atoms with Crippen LogP contribution in [0.4, 0.5) is 0 Å². The van der Waals surface area contributed by atoms with E-state index in [9.17, 15) is 0 Å². The molecule has 2 aromatic rings. The maximum Gasteiger partial charge on any atom is 0.152 e. The number of aromatic nitrogens is 1. The third-order valence-electron chi connectivity index (χ3n) is 1.90. The molecule has 0 atom stereocenters. The molecule has 0 amide bonds. The third-order valence-corrected chi connectivity index (χ3v) is 3.34. The molecular formula is C10H6Br2ClNO. The summed E-state index contributed by atoms with van der Waals surface area (Å²) in [4.78, 5) is 0. The van der Waals surface area contributed by atoms with Gasteiger partial charge in [-0.25, -0.2) is 0 Å². The van der Waals surface area contributed by atoms with E-state index < -0.39 is 0 Å². The van der Waals surface area contributed by atoms with Gasteiger partial charge in [-0.2, -0.15) is 0 Å². The predicted molar refractivity (Wildman–Crippen MR) is 66.9 cm³/mol. The average molecular weight is 351 g/mol. The molecule has 0 aliphatic heterocycles. The maximum absolute atomic E-state index is 5.64. The number of benzene rings is 1. The number of hydrogen-bond acceptors (Lipinski definition) is 2. The minimum atomic E-state index is 0.332. The molecule has 0 bridgehead atoms. The van der Waals surface area contributed by atoms with Gasteiger partial charge in [-0.1, -0.05) is 37.0 Å². The predicted octanol–water partition coefficient (Wildman–Crippen LogP) is 4.61. The van der Waals surface area contributed by atoms with E-state index in [1.54, 1.807) is 0 Å². The minimum absolute atomic E-state index is 0.332. The maximum atomic E-state index is 5.64. The van der Waals surface area contributed by atoms with Crippen molar-refractivity contribution in [1.82, 2.24) is 5.16 Å². The summed E-state index contributed by atoms with van der Waals surface area (Å²) in [5.74, 6) is 0.997. The lowest BCUT2D eigenvalue weighted by Gasteiger charge is -1.99. The van der Waals surface area contributed by atoms with Gasteiger partial charge in [0.15, 0.2) is 5.76 Å². The van der Waals surface area contributed by atoms with Crippen LogP contribution in [0.3, 0.4) is 0 Å². The van der Waals surface area contributed by atoms with Crippen molar-refractivity contribution in [1.29, 1.82) is 0 Å². The fourth-order valence-corrected chi connectivity index (χ4v) is 2.13. The second kappa shape index (κ2) is 4.68. The molecule has 0 spiro atoms. The highest BCUT2D eigenvalue weighted by Gasteiger charge is 2.09. The number of rotatable bonds is 2. The highest BCUT2D eigenvalue weighted by molar-refractivity contribution is 9.11. The van der Waals surface area contributed by atoms with E-state index in [4.69, 9.17) is 16.1 Å². The molecule has 2 rings (SSSR count). The van der Waals surface area contributed by atoms with Gasteiger partial charge >= 0.3 is 0 Å². The molecular weight excluding hydrogens is 345 g/mol. The van der Waals surface area contributed by atoms with Gasteiger partial charge in [-0.3, -0.25) is 0 Å². The van der Waals surface area contributed by atoms with Crippen LogP contribution in [0.5, 0.6) is 0 Å². The molecule has 78 valence electrons. The molecule has 1 aromatic heterocycles. The summed E-state index contributed by atoms with van der Waals surface area (Å²) in [6.07, 6.45) is 0. The molecule has 0 radical (unpaired) electrons. The molecule has 0 aliphatic carbocycles. The summed E-state index contributed by atoms with van der Waals surface area (Å²) in [6.45, 7) is 0. The second-order valence-corrected chi connectivity index (χ2v) is 4.97. The summed E-state index contributed by atoms with van der Waals surface area (Å²) in [5, 5.41) is 3.95. The highest BCUT2D eigenvalue weighted by atomic mass is 79.9. The molecule has 0 aliphatic rings. The molecule has 0 N–H and O–H groups in total. The van der Waals surface area contributed by atoms with Crippen LogP contribution >= 0.6 is 43.5 Å². The summed E-state index contributed by atoms with van der Waals surface area (Å²) >= 11 is 12.5. The van der Waals surface area contributed by atoms with Gasteiger partial charge in [0.25, 0.3) is 0 Å². The Labute approximate surface area is 109 Å². The van der Waals surface area contributed by atoms with E-state index >= 15 is 0 Å². The molecule has 0 saturated heterocycles. The lowest BCUT2D eigenvalue weighted by molar-refractivity contribution is 0.396. The summed E-state index contributed by atoms with van der Waals surface area (Å²) in [7, 11) is 0. The zero-order chi connectivity index (χ0) is 10.8. The monoisotopic (exact) mass is 349 g/mol. The highest BCUT2D eigenvalue weighted by Crippen LogP contribution is 2.30. The van der Waals surface area contributed by atoms with Gasteiger partial charge in [0.2, 0.25) is 0 Å². The molecule has 15 heavy (non-hydrogen) atoms. The van der Waals surface area contributed by atoms with Crippen LogP contribution < -0.4 is 0 Å². The molecule has 2 nitrogen and oxygen atoms in total. The molecule has 1 aromatic carbocycles. The second-order valence-electron chi connectivity index (χ2n) is 2.94. The number of nitrogens with zero attached hydrogens (tertiary/aromatic N) is 1. The minimum Gasteiger partial charge on any atom is -0.359 e. The van der Waals surface area contributed by atoms with Gasteiger partial charge in [-0.15, -0.1) is 11.6 Å². The average Bonchev–Trinajstić information content (AvgIpc) is 2.70. The van der Waals surface area contributed by atoms with Gasteiger partial charge < -0.3 is 4.52 Å². The Morgan fingerprint density at radius 1 is 1.27 bits per heavy atom. The fourth-order valence-electron chi connectivity index (χ4n) is 1.20. The van der Waals surface area contributed by atoms with Gasteiger partial charge in [-0.05, 0) is 18.2 Å². The van der Waals surface area contributed by atoms with Crippen LogP contribution in [-0.4, -0.2) is 5.16 Å². The van der Waals surface area contributed by atoms with E-state index in [1.807, 2.05) is 24.3 Å². The lowest BCUT2D eigenvalue weighted by atomic mass is 10.1. The van der Waals surface area contributed by atoms with Gasteiger partial charge in [0.05, 0.1) is 5.88 Å². The van der Waals surface area contributed by atoms with Crippen molar-refractivity contribution >= 4 is 43.5 Å². The number of halogens is 3. The first-order chi connectivity index (χ1) is 7.20. The van der Waals surface area contributed by atoms with E-state index in [0.29, 0.717) is 11.6 Å². The van der Waals surface area contributed by atoms with Crippen molar-refractivity contribution in [2.75, 3.05) is 0 Å². The van der Waals surface area contributed by atoms with Crippen molar-refractivity contribution in [3.8, 4) is 11.3 Å². The standard InChI is InChI=1S/C10H6Br2ClNO/c11-6-1-2-9(12)8(3-6)10-4-7(5-13)15-14-10/h1-4H,5H2. The van der Waals surface area contributed by atoms with Crippen LogP contribution in [0.2, 0.25) is 0 Å². The molecule has 0 saturated carbocycles. The first-order valence-corrected chi connectivity index (χ1v) is 6.29. The van der Waals surface area contributed by atoms with Crippen molar-refractivity contribution in [2.45, 2.75) is 5.88 Å². The van der Waals surface area contributed by atoms with E-state index in [2.05, 4.69) is 37.0 Å². The Balaban J connectivity index is 2.48. The summed E-state index contributed by atoms with van der Waals surface area (Å²) in [6, 6.07) is 7.71. The fraction of sp³-hybridized carbons (Fsp3) is 0.100. The van der Waals surface area contributed by atoms with Crippen LogP contribution in [0, 0.1) is 0 Å². The van der Waals surface area contributed by atoms with Gasteiger partial charge in [0, 0.05) is 20.6 Å². The van der Waals surface area contributed by atoms with E-state index in [1.165, 1.54) is 0 Å². The lowest BCUT2D eigenvalue weighted by Crippen LogP contribution is -1.79. The Kier molecular flexibility index (Phi) is 3.49. The largest absolute Gasteiger partial charge is 0.359 e. The first kappa shape index (κ1) is 11.2. The quantitative estimate of drug-likeness (QED) is 0.739. The third kappa shape index (κ3) is 2.44. The van der Waals surface area contributed by atoms with Crippen molar-refractivity contribution < 1.29 is 4.52 Å². The van der Waals surface area contributed by atoms with Crippen molar-refractivity contribution in [2.24, 2.45) is 0 Å². The van der Waals surface area contributed by atoms with Crippen LogP contribution in [0.15, 0.2) is 37.7 Å². The normalized spacial score (nSPS) is 10.6. The van der Waals surface area contributed by atoms with Crippen LogP contribution in [-0.2, 0) is 5.88 Å². The molecule has 1 heterocycles. The van der Waals surface area contributed by atoms with Crippen LogP contribution in [0.25, 0.3) is 11.3 Å². The van der Waals surface area contributed by atoms with Crippen molar-refractivity contribution in [3.05, 3.63) is 39.0 Å². The zero-order valence-corrected chi connectivity index (χ0v) is 11.4. The Morgan fingerprint density at radius 3 is 2.73 bits per heavy atom. The Morgan fingerprint density at radius 2 is 2.07 bits per heavy atom. The summed E-state index contributed by atoms with van der Waals surface area (Å²) < 4.78 is 7.01. The zero-order valence-electron chi connectivity index (χ0n) is 7.51. The van der Waals surface area contributed by atoms with E-state index in [0.717, 1.165) is 20.2 Å². The number of alkyl halides is 1. The smallest absolute Gasteiger partial charge is 0.152 e. The Hall–Kier alpha value is -0.320. The summed E-state index contributed by atoms with van der Waals surface area (Å²) in [5.41, 5.74) is 1.75. The molecule has 0 unspecified atom stereocenters. The van der Waals surface area contributed by atoms with Gasteiger partial charge in [0.1, 0.15) is 5.69 Å². The number of hydrogen-bond donors (Lipinski definition) is 0. The SMILES string of the molecule is ClCc1cc(-c2cc(Br)ccc2Br)no1. The Bertz CT molecular complexity index is 484. The first-order valence-electron chi connectivity index (χ1n) is 4.17. The van der Waals surface area contributed by atoms with Crippen molar-refractivity contribution in [3.63, 3.8) is 0 Å². The molecule has 0 fully saturated rings. The van der Waals surface area contributed by atoms with Crippen LogP contribution in [0.1, 0.15) is 5.76 Å².